The summed E-state index contributed by atoms with van der Waals surface area (Å²) in [4.78, 5) is 14.2. The maximum absolute atomic E-state index is 12.2. The Morgan fingerprint density at radius 3 is 2.61 bits per heavy atom. The van der Waals surface area contributed by atoms with E-state index in [0.29, 0.717) is 25.6 Å². The fourth-order valence-corrected chi connectivity index (χ4v) is 3.16. The Hall–Kier alpha value is -1.79. The second kappa shape index (κ2) is 9.37. The van der Waals surface area contributed by atoms with Gasteiger partial charge in [-0.2, -0.15) is 0 Å². The number of benzene rings is 1. The largest absolute Gasteiger partial charge is 0.355 e. The van der Waals surface area contributed by atoms with Gasteiger partial charge in [0.05, 0.1) is 13.1 Å². The SMILES string of the molecule is C#CCN(CC(=O)NCC1CCCCC1)Cc1ccc(C)cc1. The van der Waals surface area contributed by atoms with Gasteiger partial charge in [-0.3, -0.25) is 9.69 Å². The molecule has 0 saturated heterocycles. The molecule has 1 fully saturated rings. The molecule has 0 aliphatic heterocycles. The Labute approximate surface area is 140 Å². The quantitative estimate of drug-likeness (QED) is 0.785. The van der Waals surface area contributed by atoms with Crippen LogP contribution < -0.4 is 5.32 Å². The molecule has 1 aromatic carbocycles. The molecule has 0 atom stereocenters. The first-order chi connectivity index (χ1) is 11.2. The fourth-order valence-electron chi connectivity index (χ4n) is 3.16. The summed E-state index contributed by atoms with van der Waals surface area (Å²) in [6.45, 7) is 4.45. The minimum absolute atomic E-state index is 0.0814. The highest BCUT2D eigenvalue weighted by Gasteiger charge is 2.15. The number of amides is 1. The van der Waals surface area contributed by atoms with E-state index in [-0.39, 0.29) is 5.91 Å². The number of aryl methyl sites for hydroxylation is 1. The normalized spacial score (nSPS) is 15.3. The molecule has 23 heavy (non-hydrogen) atoms. The van der Waals surface area contributed by atoms with Crippen LogP contribution >= 0.6 is 0 Å². The topological polar surface area (TPSA) is 32.3 Å². The summed E-state index contributed by atoms with van der Waals surface area (Å²) in [5.74, 6) is 3.40. The molecule has 1 aliphatic rings. The van der Waals surface area contributed by atoms with Crippen molar-refractivity contribution in [2.45, 2.75) is 45.6 Å². The van der Waals surface area contributed by atoms with Crippen LogP contribution in [0, 0.1) is 25.2 Å². The summed E-state index contributed by atoms with van der Waals surface area (Å²) in [6, 6.07) is 8.37. The third-order valence-electron chi connectivity index (χ3n) is 4.52. The summed E-state index contributed by atoms with van der Waals surface area (Å²) in [6.07, 6.45) is 11.9. The number of nitrogens with one attached hydrogen (secondary N) is 1. The lowest BCUT2D eigenvalue weighted by atomic mass is 9.89. The van der Waals surface area contributed by atoms with E-state index in [1.807, 2.05) is 4.90 Å². The van der Waals surface area contributed by atoms with Gasteiger partial charge in [-0.1, -0.05) is 55.0 Å². The highest BCUT2D eigenvalue weighted by molar-refractivity contribution is 5.78. The molecule has 0 heterocycles. The minimum atomic E-state index is 0.0814. The van der Waals surface area contributed by atoms with Crippen molar-refractivity contribution in [2.75, 3.05) is 19.6 Å². The van der Waals surface area contributed by atoms with E-state index in [9.17, 15) is 4.79 Å². The predicted molar refractivity (Wildman–Crippen MR) is 94.9 cm³/mol. The Morgan fingerprint density at radius 2 is 1.96 bits per heavy atom. The second-order valence-electron chi connectivity index (χ2n) is 6.64. The molecule has 0 unspecified atom stereocenters. The molecule has 0 aromatic heterocycles. The number of terminal acetylenes is 1. The summed E-state index contributed by atoms with van der Waals surface area (Å²) < 4.78 is 0. The number of carbonyl (C=O) groups excluding carboxylic acids is 1. The molecule has 0 radical (unpaired) electrons. The molecule has 1 saturated carbocycles. The maximum atomic E-state index is 12.2. The van der Waals surface area contributed by atoms with Crippen LogP contribution in [0.25, 0.3) is 0 Å². The van der Waals surface area contributed by atoms with Gasteiger partial charge >= 0.3 is 0 Å². The van der Waals surface area contributed by atoms with Gasteiger partial charge in [0.25, 0.3) is 0 Å². The average molecular weight is 312 g/mol. The molecule has 3 nitrogen and oxygen atoms in total. The molecule has 1 aliphatic carbocycles. The highest BCUT2D eigenvalue weighted by atomic mass is 16.2. The number of carbonyl (C=O) groups is 1. The fraction of sp³-hybridized carbons (Fsp3) is 0.550. The third-order valence-corrected chi connectivity index (χ3v) is 4.52. The van der Waals surface area contributed by atoms with Crippen molar-refractivity contribution in [3.05, 3.63) is 35.4 Å². The summed E-state index contributed by atoms with van der Waals surface area (Å²) in [5, 5.41) is 3.09. The van der Waals surface area contributed by atoms with Crippen LogP contribution in [0.5, 0.6) is 0 Å². The molecular formula is C20H28N2O. The van der Waals surface area contributed by atoms with Crippen LogP contribution in [-0.4, -0.2) is 30.4 Å². The number of hydrogen-bond acceptors (Lipinski definition) is 2. The molecule has 0 spiro atoms. The Balaban J connectivity index is 1.79. The van der Waals surface area contributed by atoms with Crippen molar-refractivity contribution in [1.82, 2.24) is 10.2 Å². The van der Waals surface area contributed by atoms with E-state index in [4.69, 9.17) is 6.42 Å². The van der Waals surface area contributed by atoms with Crippen LogP contribution in [0.15, 0.2) is 24.3 Å². The third kappa shape index (κ3) is 6.46. The van der Waals surface area contributed by atoms with Crippen molar-refractivity contribution in [3.8, 4) is 12.3 Å². The van der Waals surface area contributed by atoms with Gasteiger partial charge < -0.3 is 5.32 Å². The zero-order valence-electron chi connectivity index (χ0n) is 14.2. The van der Waals surface area contributed by atoms with E-state index < -0.39 is 0 Å². The molecule has 1 N–H and O–H groups in total. The van der Waals surface area contributed by atoms with Crippen molar-refractivity contribution < 1.29 is 4.79 Å². The molecule has 1 aromatic rings. The zero-order chi connectivity index (χ0) is 16.5. The van der Waals surface area contributed by atoms with Crippen LogP contribution in [0.3, 0.4) is 0 Å². The van der Waals surface area contributed by atoms with E-state index >= 15 is 0 Å². The van der Waals surface area contributed by atoms with Gasteiger partial charge in [-0.15, -0.1) is 6.42 Å². The molecular weight excluding hydrogens is 284 g/mol. The van der Waals surface area contributed by atoms with Gasteiger partial charge in [0.2, 0.25) is 5.91 Å². The Kier molecular flexibility index (Phi) is 7.16. The molecule has 0 bridgehead atoms. The lowest BCUT2D eigenvalue weighted by Crippen LogP contribution is -2.39. The number of rotatable bonds is 7. The van der Waals surface area contributed by atoms with Gasteiger partial charge in [0, 0.05) is 13.1 Å². The van der Waals surface area contributed by atoms with Gasteiger partial charge in [-0.05, 0) is 31.2 Å². The zero-order valence-corrected chi connectivity index (χ0v) is 14.2. The lowest BCUT2D eigenvalue weighted by Gasteiger charge is -2.23. The second-order valence-corrected chi connectivity index (χ2v) is 6.64. The van der Waals surface area contributed by atoms with Gasteiger partial charge in [0.15, 0.2) is 0 Å². The molecule has 1 amide bonds. The summed E-state index contributed by atoms with van der Waals surface area (Å²) >= 11 is 0. The molecule has 3 heteroatoms. The van der Waals surface area contributed by atoms with Crippen molar-refractivity contribution in [3.63, 3.8) is 0 Å². The standard InChI is InChI=1S/C20H28N2O/c1-3-13-22(15-19-11-9-17(2)10-12-19)16-20(23)21-14-18-7-5-4-6-8-18/h1,9-12,18H,4-8,13-16H2,2H3,(H,21,23). The number of nitrogens with zero attached hydrogens (tertiary/aromatic N) is 1. The van der Waals surface area contributed by atoms with Crippen LogP contribution in [-0.2, 0) is 11.3 Å². The minimum Gasteiger partial charge on any atom is -0.355 e. The summed E-state index contributed by atoms with van der Waals surface area (Å²) in [7, 11) is 0. The van der Waals surface area contributed by atoms with Gasteiger partial charge in [0.1, 0.15) is 0 Å². The lowest BCUT2D eigenvalue weighted by molar-refractivity contribution is -0.122. The monoisotopic (exact) mass is 312 g/mol. The molecule has 2 rings (SSSR count). The van der Waals surface area contributed by atoms with Crippen molar-refractivity contribution in [2.24, 2.45) is 5.92 Å². The first kappa shape index (κ1) is 17.6. The Morgan fingerprint density at radius 1 is 1.26 bits per heavy atom. The van der Waals surface area contributed by atoms with E-state index in [0.717, 1.165) is 6.54 Å². The first-order valence-electron chi connectivity index (χ1n) is 8.65. The van der Waals surface area contributed by atoms with Crippen molar-refractivity contribution in [1.29, 1.82) is 0 Å². The van der Waals surface area contributed by atoms with E-state index in [1.54, 1.807) is 0 Å². The van der Waals surface area contributed by atoms with Crippen LogP contribution in [0.4, 0.5) is 0 Å². The maximum Gasteiger partial charge on any atom is 0.234 e. The molecule has 124 valence electrons. The van der Waals surface area contributed by atoms with E-state index in [2.05, 4.69) is 42.4 Å². The van der Waals surface area contributed by atoms with Gasteiger partial charge in [-0.25, -0.2) is 0 Å². The average Bonchev–Trinajstić information content (AvgIpc) is 2.56. The van der Waals surface area contributed by atoms with Crippen LogP contribution in [0.1, 0.15) is 43.2 Å². The number of hydrogen-bond donors (Lipinski definition) is 1. The van der Waals surface area contributed by atoms with E-state index in [1.165, 1.54) is 43.2 Å². The van der Waals surface area contributed by atoms with Crippen LogP contribution in [0.2, 0.25) is 0 Å². The predicted octanol–water partition coefficient (Wildman–Crippen LogP) is 3.13. The smallest absolute Gasteiger partial charge is 0.234 e. The highest BCUT2D eigenvalue weighted by Crippen LogP contribution is 2.22. The Bertz CT molecular complexity index is 524. The van der Waals surface area contributed by atoms with Crippen molar-refractivity contribution >= 4 is 5.91 Å². The first-order valence-corrected chi connectivity index (χ1v) is 8.65. The summed E-state index contributed by atoms with van der Waals surface area (Å²) in [5.41, 5.74) is 2.42.